The molecule has 1 heterocycles. The normalized spacial score (nSPS) is 11.9. The standard InChI is InChI=1S/C17H17N5O3/c1-25-15-8-7-12(22(23)24)10-13(15)16-19-17(21-20-16)14(18)9-11-5-3-2-4-6-11/h2-8,10,14H,9,18H2,1H3,(H,19,20,21)/t14-/m1/s1. The number of nitrogens with zero attached hydrogens (tertiary/aromatic N) is 3. The van der Waals surface area contributed by atoms with E-state index in [9.17, 15) is 10.1 Å². The van der Waals surface area contributed by atoms with Crippen LogP contribution in [0.15, 0.2) is 48.5 Å². The maximum atomic E-state index is 11.0. The van der Waals surface area contributed by atoms with Gasteiger partial charge in [-0.15, -0.1) is 0 Å². The second kappa shape index (κ2) is 7.10. The average Bonchev–Trinajstić information content (AvgIpc) is 3.12. The van der Waals surface area contributed by atoms with Crippen molar-refractivity contribution in [2.24, 2.45) is 5.73 Å². The molecule has 8 nitrogen and oxygen atoms in total. The fourth-order valence-corrected chi connectivity index (χ4v) is 2.51. The van der Waals surface area contributed by atoms with Crippen LogP contribution in [-0.4, -0.2) is 27.2 Å². The molecular formula is C17H17N5O3. The number of nitro benzene ring substituents is 1. The number of rotatable bonds is 6. The van der Waals surface area contributed by atoms with Gasteiger partial charge in [0, 0.05) is 12.1 Å². The second-order valence-corrected chi connectivity index (χ2v) is 5.48. The van der Waals surface area contributed by atoms with Gasteiger partial charge in [-0.1, -0.05) is 30.3 Å². The Morgan fingerprint density at radius 1 is 1.28 bits per heavy atom. The largest absolute Gasteiger partial charge is 0.496 e. The minimum Gasteiger partial charge on any atom is -0.496 e. The number of nitrogens with one attached hydrogen (secondary N) is 1. The van der Waals surface area contributed by atoms with E-state index in [1.54, 1.807) is 0 Å². The highest BCUT2D eigenvalue weighted by molar-refractivity contribution is 5.67. The minimum absolute atomic E-state index is 0.0595. The van der Waals surface area contributed by atoms with Crippen LogP contribution in [0.2, 0.25) is 0 Å². The fraction of sp³-hybridized carbons (Fsp3) is 0.176. The lowest BCUT2D eigenvalue weighted by Gasteiger charge is -2.08. The second-order valence-electron chi connectivity index (χ2n) is 5.48. The van der Waals surface area contributed by atoms with Crippen molar-refractivity contribution in [3.05, 3.63) is 70.0 Å². The van der Waals surface area contributed by atoms with Crippen LogP contribution in [-0.2, 0) is 6.42 Å². The van der Waals surface area contributed by atoms with Crippen LogP contribution in [0.1, 0.15) is 17.4 Å². The van der Waals surface area contributed by atoms with Gasteiger partial charge < -0.3 is 10.5 Å². The molecule has 0 amide bonds. The highest BCUT2D eigenvalue weighted by Gasteiger charge is 2.18. The Morgan fingerprint density at radius 3 is 2.72 bits per heavy atom. The molecule has 1 atom stereocenters. The Kier molecular flexibility index (Phi) is 4.71. The van der Waals surface area contributed by atoms with Crippen molar-refractivity contribution in [2.75, 3.05) is 7.11 Å². The van der Waals surface area contributed by atoms with E-state index in [1.165, 1.54) is 25.3 Å². The van der Waals surface area contributed by atoms with Gasteiger partial charge in [0.1, 0.15) is 11.6 Å². The maximum absolute atomic E-state index is 11.0. The molecule has 128 valence electrons. The zero-order valence-corrected chi connectivity index (χ0v) is 13.5. The zero-order chi connectivity index (χ0) is 17.8. The molecule has 1 aromatic heterocycles. The molecule has 0 radical (unpaired) electrons. The van der Waals surface area contributed by atoms with Crippen molar-refractivity contribution >= 4 is 5.69 Å². The van der Waals surface area contributed by atoms with E-state index >= 15 is 0 Å². The zero-order valence-electron chi connectivity index (χ0n) is 13.5. The maximum Gasteiger partial charge on any atom is 0.270 e. The first kappa shape index (κ1) is 16.6. The molecule has 3 rings (SSSR count). The molecule has 0 aliphatic rings. The molecule has 0 unspecified atom stereocenters. The van der Waals surface area contributed by atoms with E-state index in [2.05, 4.69) is 15.2 Å². The summed E-state index contributed by atoms with van der Waals surface area (Å²) in [6.07, 6.45) is 0.599. The third kappa shape index (κ3) is 3.64. The predicted octanol–water partition coefficient (Wildman–Crippen LogP) is 2.63. The lowest BCUT2D eigenvalue weighted by atomic mass is 10.1. The van der Waals surface area contributed by atoms with Crippen LogP contribution in [0.4, 0.5) is 5.69 Å². The number of aromatic nitrogens is 3. The van der Waals surface area contributed by atoms with Crippen molar-refractivity contribution in [1.29, 1.82) is 0 Å². The first-order valence-electron chi connectivity index (χ1n) is 7.63. The molecule has 0 aliphatic heterocycles. The summed E-state index contributed by atoms with van der Waals surface area (Å²) in [5.74, 6) is 1.26. The summed E-state index contributed by atoms with van der Waals surface area (Å²) in [6, 6.07) is 13.7. The number of nitro groups is 1. The van der Waals surface area contributed by atoms with E-state index in [-0.39, 0.29) is 11.7 Å². The smallest absolute Gasteiger partial charge is 0.270 e. The van der Waals surface area contributed by atoms with E-state index in [4.69, 9.17) is 10.5 Å². The minimum atomic E-state index is -0.475. The van der Waals surface area contributed by atoms with Gasteiger partial charge in [0.05, 0.1) is 23.6 Å². The number of nitrogens with two attached hydrogens (primary N) is 1. The topological polar surface area (TPSA) is 120 Å². The van der Waals surface area contributed by atoms with E-state index < -0.39 is 4.92 Å². The molecule has 0 aliphatic carbocycles. The highest BCUT2D eigenvalue weighted by Crippen LogP contribution is 2.31. The molecule has 25 heavy (non-hydrogen) atoms. The van der Waals surface area contributed by atoms with Crippen LogP contribution in [0, 0.1) is 10.1 Å². The summed E-state index contributed by atoms with van der Waals surface area (Å²) < 4.78 is 5.25. The summed E-state index contributed by atoms with van der Waals surface area (Å²) in [4.78, 5) is 14.9. The molecule has 3 aromatic rings. The Balaban J connectivity index is 1.88. The Morgan fingerprint density at radius 2 is 2.04 bits per heavy atom. The summed E-state index contributed by atoms with van der Waals surface area (Å²) in [7, 11) is 1.49. The van der Waals surface area contributed by atoms with Crippen LogP contribution >= 0.6 is 0 Å². The van der Waals surface area contributed by atoms with Gasteiger partial charge >= 0.3 is 0 Å². The van der Waals surface area contributed by atoms with E-state index in [1.807, 2.05) is 30.3 Å². The summed E-state index contributed by atoms with van der Waals surface area (Å²) >= 11 is 0. The van der Waals surface area contributed by atoms with Crippen molar-refractivity contribution in [2.45, 2.75) is 12.5 Å². The van der Waals surface area contributed by atoms with Gasteiger partial charge in [-0.05, 0) is 18.1 Å². The van der Waals surface area contributed by atoms with Gasteiger partial charge in [-0.25, -0.2) is 4.98 Å². The molecule has 0 fully saturated rings. The quantitative estimate of drug-likeness (QED) is 0.526. The number of H-pyrrole nitrogens is 1. The van der Waals surface area contributed by atoms with Crippen LogP contribution < -0.4 is 10.5 Å². The summed E-state index contributed by atoms with van der Waals surface area (Å²) in [6.45, 7) is 0. The first-order valence-corrected chi connectivity index (χ1v) is 7.63. The Bertz CT molecular complexity index is 879. The van der Waals surface area contributed by atoms with Crippen molar-refractivity contribution in [3.63, 3.8) is 0 Å². The number of hydrogen-bond donors (Lipinski definition) is 2. The monoisotopic (exact) mass is 339 g/mol. The highest BCUT2D eigenvalue weighted by atomic mass is 16.6. The molecule has 0 spiro atoms. The van der Waals surface area contributed by atoms with Crippen molar-refractivity contribution < 1.29 is 9.66 Å². The number of hydrogen-bond acceptors (Lipinski definition) is 6. The summed E-state index contributed by atoms with van der Waals surface area (Å²) in [5, 5.41) is 17.9. The summed E-state index contributed by atoms with van der Waals surface area (Å²) in [5.41, 5.74) is 7.65. The molecular weight excluding hydrogens is 322 g/mol. The number of ether oxygens (including phenoxy) is 1. The number of benzene rings is 2. The van der Waals surface area contributed by atoms with Gasteiger partial charge in [-0.3, -0.25) is 15.2 Å². The predicted molar refractivity (Wildman–Crippen MR) is 92.1 cm³/mol. The average molecular weight is 339 g/mol. The van der Waals surface area contributed by atoms with Crippen LogP contribution in [0.3, 0.4) is 0 Å². The Labute approximate surface area is 143 Å². The van der Waals surface area contributed by atoms with E-state index in [0.717, 1.165) is 5.56 Å². The lowest BCUT2D eigenvalue weighted by molar-refractivity contribution is -0.384. The number of non-ortho nitro benzene ring substituents is 1. The van der Waals surface area contributed by atoms with Crippen LogP contribution in [0.25, 0.3) is 11.4 Å². The SMILES string of the molecule is COc1ccc([N+](=O)[O-])cc1-c1n[nH]c([C@H](N)Cc2ccccc2)n1. The number of methoxy groups -OCH3 is 1. The van der Waals surface area contributed by atoms with Gasteiger partial charge in [0.2, 0.25) is 0 Å². The van der Waals surface area contributed by atoms with Gasteiger partial charge in [0.15, 0.2) is 5.82 Å². The third-order valence-corrected chi connectivity index (χ3v) is 3.79. The first-order chi connectivity index (χ1) is 12.1. The van der Waals surface area contributed by atoms with E-state index in [0.29, 0.717) is 29.4 Å². The Hall–Kier alpha value is -3.26. The van der Waals surface area contributed by atoms with Crippen LogP contribution in [0.5, 0.6) is 5.75 Å². The number of aromatic amines is 1. The lowest BCUT2D eigenvalue weighted by Crippen LogP contribution is -2.15. The van der Waals surface area contributed by atoms with Gasteiger partial charge in [-0.2, -0.15) is 5.10 Å². The molecule has 0 bridgehead atoms. The third-order valence-electron chi connectivity index (χ3n) is 3.79. The molecule has 0 saturated carbocycles. The van der Waals surface area contributed by atoms with Gasteiger partial charge in [0.25, 0.3) is 5.69 Å². The fourth-order valence-electron chi connectivity index (χ4n) is 2.51. The molecule has 3 N–H and O–H groups in total. The van der Waals surface area contributed by atoms with Crippen molar-refractivity contribution in [3.8, 4) is 17.1 Å². The van der Waals surface area contributed by atoms with Crippen molar-refractivity contribution in [1.82, 2.24) is 15.2 Å². The molecule has 0 saturated heterocycles. The molecule has 8 heteroatoms. The molecule has 2 aromatic carbocycles.